The SMILES string of the molecule is Cc1ccc(NC(=O)CN2CCC3CNCC3C2)cc1Cl. The van der Waals surface area contributed by atoms with Crippen molar-refractivity contribution >= 4 is 23.2 Å². The second-order valence-corrected chi connectivity index (χ2v) is 6.62. The highest BCUT2D eigenvalue weighted by Gasteiger charge is 2.33. The van der Waals surface area contributed by atoms with Gasteiger partial charge in [-0.3, -0.25) is 9.69 Å². The van der Waals surface area contributed by atoms with E-state index in [1.807, 2.05) is 25.1 Å². The lowest BCUT2D eigenvalue weighted by Gasteiger charge is -2.33. The third kappa shape index (κ3) is 3.57. The second kappa shape index (κ2) is 6.34. The fourth-order valence-corrected chi connectivity index (χ4v) is 3.51. The number of rotatable bonds is 3. The molecule has 2 fully saturated rings. The van der Waals surface area contributed by atoms with Gasteiger partial charge in [-0.05, 0) is 62.5 Å². The molecule has 4 nitrogen and oxygen atoms in total. The van der Waals surface area contributed by atoms with Crippen molar-refractivity contribution in [2.45, 2.75) is 13.3 Å². The van der Waals surface area contributed by atoms with Gasteiger partial charge in [0.1, 0.15) is 0 Å². The number of hydrogen-bond donors (Lipinski definition) is 2. The van der Waals surface area contributed by atoms with Gasteiger partial charge < -0.3 is 10.6 Å². The first-order chi connectivity index (χ1) is 10.1. The van der Waals surface area contributed by atoms with Gasteiger partial charge >= 0.3 is 0 Å². The predicted octanol–water partition coefficient (Wildman–Crippen LogP) is 2.13. The first-order valence-corrected chi connectivity index (χ1v) is 7.98. The summed E-state index contributed by atoms with van der Waals surface area (Å²) in [4.78, 5) is 14.4. The first-order valence-electron chi connectivity index (χ1n) is 7.61. The molecule has 2 N–H and O–H groups in total. The van der Waals surface area contributed by atoms with Crippen molar-refractivity contribution in [3.05, 3.63) is 28.8 Å². The average Bonchev–Trinajstić information content (AvgIpc) is 2.90. The van der Waals surface area contributed by atoms with E-state index < -0.39 is 0 Å². The maximum Gasteiger partial charge on any atom is 0.238 e. The number of carbonyl (C=O) groups is 1. The van der Waals surface area contributed by atoms with Crippen LogP contribution < -0.4 is 10.6 Å². The second-order valence-electron chi connectivity index (χ2n) is 6.21. The van der Waals surface area contributed by atoms with Crippen LogP contribution in [0.4, 0.5) is 5.69 Å². The van der Waals surface area contributed by atoms with Crippen LogP contribution in [0.5, 0.6) is 0 Å². The van der Waals surface area contributed by atoms with Crippen molar-refractivity contribution in [1.29, 1.82) is 0 Å². The quantitative estimate of drug-likeness (QED) is 0.899. The van der Waals surface area contributed by atoms with E-state index in [9.17, 15) is 4.79 Å². The molecule has 0 spiro atoms. The van der Waals surface area contributed by atoms with Gasteiger partial charge in [0.05, 0.1) is 6.54 Å². The third-order valence-electron chi connectivity index (χ3n) is 4.61. The molecule has 2 aliphatic heterocycles. The standard InChI is InChI=1S/C16H22ClN3O/c1-11-2-3-14(6-15(11)17)19-16(21)10-20-5-4-12-7-18-8-13(12)9-20/h2-3,6,12-13,18H,4-5,7-10H2,1H3,(H,19,21). The number of likely N-dealkylation sites (tertiary alicyclic amines) is 1. The lowest BCUT2D eigenvalue weighted by atomic mass is 9.89. The Kier molecular flexibility index (Phi) is 4.48. The van der Waals surface area contributed by atoms with Gasteiger partial charge in [-0.15, -0.1) is 0 Å². The third-order valence-corrected chi connectivity index (χ3v) is 5.02. The van der Waals surface area contributed by atoms with Gasteiger partial charge in [-0.25, -0.2) is 0 Å². The summed E-state index contributed by atoms with van der Waals surface area (Å²) in [5.41, 5.74) is 1.79. The molecule has 0 bridgehead atoms. The summed E-state index contributed by atoms with van der Waals surface area (Å²) in [6, 6.07) is 5.63. The molecule has 2 saturated heterocycles. The Morgan fingerprint density at radius 3 is 3.05 bits per heavy atom. The molecule has 0 radical (unpaired) electrons. The number of aryl methyl sites for hydroxylation is 1. The summed E-state index contributed by atoms with van der Waals surface area (Å²) in [6.45, 7) is 6.70. The van der Waals surface area contributed by atoms with Crippen LogP contribution >= 0.6 is 11.6 Å². The molecule has 3 rings (SSSR count). The monoisotopic (exact) mass is 307 g/mol. The molecule has 0 aromatic heterocycles. The van der Waals surface area contributed by atoms with Gasteiger partial charge in [0.25, 0.3) is 0 Å². The molecule has 1 aromatic rings. The lowest BCUT2D eigenvalue weighted by molar-refractivity contribution is -0.117. The number of nitrogens with one attached hydrogen (secondary N) is 2. The largest absolute Gasteiger partial charge is 0.325 e. The van der Waals surface area contributed by atoms with E-state index in [4.69, 9.17) is 11.6 Å². The van der Waals surface area contributed by atoms with E-state index in [0.717, 1.165) is 43.3 Å². The minimum absolute atomic E-state index is 0.0410. The topological polar surface area (TPSA) is 44.4 Å². The molecule has 2 heterocycles. The highest BCUT2D eigenvalue weighted by atomic mass is 35.5. The van der Waals surface area contributed by atoms with E-state index >= 15 is 0 Å². The Labute approximate surface area is 130 Å². The van der Waals surface area contributed by atoms with Crippen LogP contribution in [0.1, 0.15) is 12.0 Å². The summed E-state index contributed by atoms with van der Waals surface area (Å²) in [5, 5.41) is 7.07. The van der Waals surface area contributed by atoms with Crippen LogP contribution in [-0.2, 0) is 4.79 Å². The van der Waals surface area contributed by atoms with E-state index in [1.54, 1.807) is 0 Å². The Morgan fingerprint density at radius 2 is 2.24 bits per heavy atom. The molecule has 5 heteroatoms. The van der Waals surface area contributed by atoms with Crippen molar-refractivity contribution in [3.63, 3.8) is 0 Å². The Bertz CT molecular complexity index is 534. The van der Waals surface area contributed by atoms with E-state index in [0.29, 0.717) is 17.5 Å². The molecule has 1 amide bonds. The van der Waals surface area contributed by atoms with Crippen molar-refractivity contribution in [3.8, 4) is 0 Å². The summed E-state index contributed by atoms with van der Waals surface area (Å²) >= 11 is 6.08. The van der Waals surface area contributed by atoms with Crippen molar-refractivity contribution in [2.75, 3.05) is 38.0 Å². The number of piperidine rings is 1. The van der Waals surface area contributed by atoms with Crippen LogP contribution in [0.25, 0.3) is 0 Å². The lowest BCUT2D eigenvalue weighted by Crippen LogP contribution is -2.43. The fourth-order valence-electron chi connectivity index (χ4n) is 3.33. The van der Waals surface area contributed by atoms with Crippen LogP contribution in [-0.4, -0.2) is 43.5 Å². The van der Waals surface area contributed by atoms with E-state index in [2.05, 4.69) is 15.5 Å². The van der Waals surface area contributed by atoms with Crippen molar-refractivity contribution in [2.24, 2.45) is 11.8 Å². The molecule has 2 aliphatic rings. The smallest absolute Gasteiger partial charge is 0.238 e. The Hall–Kier alpha value is -1.10. The van der Waals surface area contributed by atoms with Crippen LogP contribution in [0.15, 0.2) is 18.2 Å². The van der Waals surface area contributed by atoms with Crippen LogP contribution in [0, 0.1) is 18.8 Å². The molecule has 1 aromatic carbocycles. The summed E-state index contributed by atoms with van der Waals surface area (Å²) < 4.78 is 0. The Morgan fingerprint density at radius 1 is 1.43 bits per heavy atom. The molecule has 0 aliphatic carbocycles. The molecular weight excluding hydrogens is 286 g/mol. The highest BCUT2D eigenvalue weighted by molar-refractivity contribution is 6.31. The number of halogens is 1. The number of fused-ring (bicyclic) bond motifs is 1. The highest BCUT2D eigenvalue weighted by Crippen LogP contribution is 2.26. The van der Waals surface area contributed by atoms with E-state index in [1.165, 1.54) is 6.42 Å². The van der Waals surface area contributed by atoms with Crippen LogP contribution in [0.3, 0.4) is 0 Å². The summed E-state index contributed by atoms with van der Waals surface area (Å²) in [5.74, 6) is 1.56. The van der Waals surface area contributed by atoms with Gasteiger partial charge in [0, 0.05) is 17.3 Å². The van der Waals surface area contributed by atoms with Crippen molar-refractivity contribution < 1.29 is 4.79 Å². The number of benzene rings is 1. The summed E-state index contributed by atoms with van der Waals surface area (Å²) in [6.07, 6.45) is 1.20. The maximum atomic E-state index is 12.2. The molecule has 2 unspecified atom stereocenters. The first kappa shape index (κ1) is 14.8. The van der Waals surface area contributed by atoms with Gasteiger partial charge in [0.2, 0.25) is 5.91 Å². The molecule has 2 atom stereocenters. The molecular formula is C16H22ClN3O. The number of nitrogens with zero attached hydrogens (tertiary/aromatic N) is 1. The number of hydrogen-bond acceptors (Lipinski definition) is 3. The molecule has 114 valence electrons. The van der Waals surface area contributed by atoms with Gasteiger partial charge in [-0.1, -0.05) is 17.7 Å². The van der Waals surface area contributed by atoms with Crippen molar-refractivity contribution in [1.82, 2.24) is 10.2 Å². The minimum atomic E-state index is 0.0410. The Balaban J connectivity index is 1.53. The minimum Gasteiger partial charge on any atom is -0.325 e. The van der Waals surface area contributed by atoms with Crippen LogP contribution in [0.2, 0.25) is 5.02 Å². The normalized spacial score (nSPS) is 25.6. The molecule has 0 saturated carbocycles. The maximum absolute atomic E-state index is 12.2. The van der Waals surface area contributed by atoms with E-state index in [-0.39, 0.29) is 5.91 Å². The van der Waals surface area contributed by atoms with Gasteiger partial charge in [-0.2, -0.15) is 0 Å². The number of amides is 1. The predicted molar refractivity (Wildman–Crippen MR) is 85.7 cm³/mol. The van der Waals surface area contributed by atoms with Gasteiger partial charge in [0.15, 0.2) is 0 Å². The zero-order valence-corrected chi connectivity index (χ0v) is 13.1. The summed E-state index contributed by atoms with van der Waals surface area (Å²) in [7, 11) is 0. The number of anilines is 1. The fraction of sp³-hybridized carbons (Fsp3) is 0.562. The zero-order chi connectivity index (χ0) is 14.8. The molecule has 21 heavy (non-hydrogen) atoms. The zero-order valence-electron chi connectivity index (χ0n) is 12.4. The average molecular weight is 308 g/mol. The number of carbonyl (C=O) groups excluding carboxylic acids is 1.